The highest BCUT2D eigenvalue weighted by molar-refractivity contribution is 7.94. The maximum Gasteiger partial charge on any atom is 0.271 e. The van der Waals surface area contributed by atoms with E-state index in [2.05, 4.69) is 4.72 Å². The van der Waals surface area contributed by atoms with Gasteiger partial charge >= 0.3 is 0 Å². The van der Waals surface area contributed by atoms with Crippen LogP contribution in [-0.4, -0.2) is 15.0 Å². The minimum atomic E-state index is -3.64. The molecular formula is C13H14ClNO3S2. The summed E-state index contributed by atoms with van der Waals surface area (Å²) in [4.78, 5) is 0. The fraction of sp³-hybridized carbons (Fsp3) is 0.231. The van der Waals surface area contributed by atoms with E-state index in [-0.39, 0.29) is 4.21 Å². The van der Waals surface area contributed by atoms with Crippen molar-refractivity contribution in [3.8, 4) is 5.75 Å². The molecule has 20 heavy (non-hydrogen) atoms. The number of hydrogen-bond donors (Lipinski definition) is 1. The fourth-order valence-electron chi connectivity index (χ4n) is 1.53. The predicted octanol–water partition coefficient (Wildman–Crippen LogP) is 3.99. The highest BCUT2D eigenvalue weighted by atomic mass is 35.5. The zero-order valence-corrected chi connectivity index (χ0v) is 13.2. The van der Waals surface area contributed by atoms with Gasteiger partial charge < -0.3 is 4.74 Å². The van der Waals surface area contributed by atoms with Gasteiger partial charge in [0, 0.05) is 0 Å². The molecule has 2 rings (SSSR count). The van der Waals surface area contributed by atoms with Crippen molar-refractivity contribution in [1.82, 2.24) is 0 Å². The zero-order chi connectivity index (χ0) is 14.6. The minimum Gasteiger partial charge on any atom is -0.491 e. The number of para-hydroxylation sites is 2. The second-order valence-corrected chi connectivity index (χ2v) is 7.63. The molecule has 0 unspecified atom stereocenters. The van der Waals surface area contributed by atoms with Crippen LogP contribution in [0.1, 0.15) is 13.3 Å². The molecule has 0 saturated carbocycles. The van der Waals surface area contributed by atoms with Gasteiger partial charge in [0.05, 0.1) is 16.6 Å². The van der Waals surface area contributed by atoms with E-state index >= 15 is 0 Å². The quantitative estimate of drug-likeness (QED) is 0.870. The number of sulfonamides is 1. The SMILES string of the molecule is CCCOc1ccccc1NS(=O)(=O)c1ccc(Cl)s1. The predicted molar refractivity (Wildman–Crippen MR) is 82.4 cm³/mol. The fourth-order valence-corrected chi connectivity index (χ4v) is 4.08. The summed E-state index contributed by atoms with van der Waals surface area (Å²) in [7, 11) is -3.64. The number of nitrogens with one attached hydrogen (secondary N) is 1. The van der Waals surface area contributed by atoms with Gasteiger partial charge in [0.2, 0.25) is 0 Å². The van der Waals surface area contributed by atoms with Crippen molar-refractivity contribution in [3.63, 3.8) is 0 Å². The van der Waals surface area contributed by atoms with E-state index in [0.717, 1.165) is 17.8 Å². The molecule has 4 nitrogen and oxygen atoms in total. The average Bonchev–Trinajstić information content (AvgIpc) is 2.85. The summed E-state index contributed by atoms with van der Waals surface area (Å²) >= 11 is 6.78. The Morgan fingerprint density at radius 3 is 2.65 bits per heavy atom. The smallest absolute Gasteiger partial charge is 0.271 e. The van der Waals surface area contributed by atoms with Gasteiger partial charge in [-0.25, -0.2) is 8.42 Å². The maximum absolute atomic E-state index is 12.2. The lowest BCUT2D eigenvalue weighted by Crippen LogP contribution is -2.12. The lowest BCUT2D eigenvalue weighted by molar-refractivity contribution is 0.319. The summed E-state index contributed by atoms with van der Waals surface area (Å²) in [6, 6.07) is 9.97. The van der Waals surface area contributed by atoms with Gasteiger partial charge in [-0.15, -0.1) is 11.3 Å². The van der Waals surface area contributed by atoms with Gasteiger partial charge in [-0.2, -0.15) is 0 Å². The maximum atomic E-state index is 12.2. The molecule has 2 aromatic rings. The summed E-state index contributed by atoms with van der Waals surface area (Å²) in [6.07, 6.45) is 0.849. The van der Waals surface area contributed by atoms with E-state index in [9.17, 15) is 8.42 Å². The van der Waals surface area contributed by atoms with Crippen molar-refractivity contribution in [2.75, 3.05) is 11.3 Å². The molecule has 0 spiro atoms. The van der Waals surface area contributed by atoms with Crippen LogP contribution in [0, 0.1) is 0 Å². The standard InChI is InChI=1S/C13H14ClNO3S2/c1-2-9-18-11-6-4-3-5-10(11)15-20(16,17)13-8-7-12(14)19-13/h3-8,15H,2,9H2,1H3. The Hall–Kier alpha value is -1.24. The molecule has 1 N–H and O–H groups in total. The van der Waals surface area contributed by atoms with Crippen molar-refractivity contribution in [1.29, 1.82) is 0 Å². The Kier molecular flexibility index (Phi) is 4.91. The van der Waals surface area contributed by atoms with Crippen LogP contribution in [0.5, 0.6) is 5.75 Å². The number of thiophene rings is 1. The lowest BCUT2D eigenvalue weighted by Gasteiger charge is -2.12. The largest absolute Gasteiger partial charge is 0.491 e. The molecule has 0 saturated heterocycles. The molecule has 1 aromatic carbocycles. The van der Waals surface area contributed by atoms with Crippen LogP contribution in [0.3, 0.4) is 0 Å². The molecule has 0 fully saturated rings. The highest BCUT2D eigenvalue weighted by Gasteiger charge is 2.18. The number of hydrogen-bond acceptors (Lipinski definition) is 4. The summed E-state index contributed by atoms with van der Waals surface area (Å²) in [5.74, 6) is 0.514. The first-order chi connectivity index (χ1) is 9.53. The minimum absolute atomic E-state index is 0.174. The number of benzene rings is 1. The Bertz CT molecular complexity index is 682. The highest BCUT2D eigenvalue weighted by Crippen LogP contribution is 2.30. The van der Waals surface area contributed by atoms with Crippen molar-refractivity contribution < 1.29 is 13.2 Å². The third kappa shape index (κ3) is 3.65. The average molecular weight is 332 g/mol. The first-order valence-electron chi connectivity index (χ1n) is 6.03. The van der Waals surface area contributed by atoms with Crippen LogP contribution < -0.4 is 9.46 Å². The Balaban J connectivity index is 2.25. The first kappa shape index (κ1) is 15.2. The summed E-state index contributed by atoms with van der Waals surface area (Å²) in [5, 5.41) is 0. The molecule has 0 aliphatic carbocycles. The number of anilines is 1. The lowest BCUT2D eigenvalue weighted by atomic mass is 10.3. The van der Waals surface area contributed by atoms with Gasteiger partial charge in [-0.1, -0.05) is 30.7 Å². The van der Waals surface area contributed by atoms with Crippen molar-refractivity contribution in [3.05, 3.63) is 40.7 Å². The van der Waals surface area contributed by atoms with Gasteiger partial charge in [-0.3, -0.25) is 4.72 Å². The van der Waals surface area contributed by atoms with Crippen LogP contribution in [0.2, 0.25) is 4.34 Å². The Labute approximate surface area is 127 Å². The van der Waals surface area contributed by atoms with Crippen molar-refractivity contribution in [2.24, 2.45) is 0 Å². The molecule has 0 aliphatic rings. The zero-order valence-electron chi connectivity index (χ0n) is 10.8. The van der Waals surface area contributed by atoms with E-state index in [1.165, 1.54) is 6.07 Å². The van der Waals surface area contributed by atoms with Crippen molar-refractivity contribution in [2.45, 2.75) is 17.6 Å². The van der Waals surface area contributed by atoms with Crippen LogP contribution in [0.25, 0.3) is 0 Å². The van der Waals surface area contributed by atoms with E-state index in [1.54, 1.807) is 30.3 Å². The summed E-state index contributed by atoms with van der Waals surface area (Å²) < 4.78 is 33.1. The number of ether oxygens (including phenoxy) is 1. The van der Waals surface area contributed by atoms with E-state index < -0.39 is 10.0 Å². The second kappa shape index (κ2) is 6.47. The Morgan fingerprint density at radius 1 is 1.25 bits per heavy atom. The van der Waals surface area contributed by atoms with Gasteiger partial charge in [0.25, 0.3) is 10.0 Å². The monoisotopic (exact) mass is 331 g/mol. The third-order valence-electron chi connectivity index (χ3n) is 2.41. The van der Waals surface area contributed by atoms with Crippen LogP contribution in [-0.2, 0) is 10.0 Å². The third-order valence-corrected chi connectivity index (χ3v) is 5.49. The molecule has 0 radical (unpaired) electrons. The molecule has 0 amide bonds. The van der Waals surface area contributed by atoms with Gasteiger partial charge in [-0.05, 0) is 30.7 Å². The van der Waals surface area contributed by atoms with Gasteiger partial charge in [0.15, 0.2) is 0 Å². The van der Waals surface area contributed by atoms with E-state index in [4.69, 9.17) is 16.3 Å². The van der Waals surface area contributed by atoms with Crippen LogP contribution in [0.4, 0.5) is 5.69 Å². The van der Waals surface area contributed by atoms with E-state index in [1.807, 2.05) is 6.92 Å². The molecule has 1 heterocycles. The summed E-state index contributed by atoms with van der Waals surface area (Å²) in [5.41, 5.74) is 0.422. The first-order valence-corrected chi connectivity index (χ1v) is 8.70. The van der Waals surface area contributed by atoms with Crippen molar-refractivity contribution >= 4 is 38.6 Å². The topological polar surface area (TPSA) is 55.4 Å². The molecule has 0 atom stereocenters. The Morgan fingerprint density at radius 2 is 2.00 bits per heavy atom. The van der Waals surface area contributed by atoms with Crippen LogP contribution in [0.15, 0.2) is 40.6 Å². The summed E-state index contributed by atoms with van der Waals surface area (Å²) in [6.45, 7) is 2.52. The molecule has 0 bridgehead atoms. The van der Waals surface area contributed by atoms with E-state index in [0.29, 0.717) is 22.4 Å². The number of halogens is 1. The molecule has 108 valence electrons. The molecule has 7 heteroatoms. The molecule has 0 aliphatic heterocycles. The molecule has 1 aromatic heterocycles. The van der Waals surface area contributed by atoms with Gasteiger partial charge in [0.1, 0.15) is 9.96 Å². The second-order valence-electron chi connectivity index (χ2n) is 4.01. The number of rotatable bonds is 6. The molecular weight excluding hydrogens is 318 g/mol. The van der Waals surface area contributed by atoms with Crippen LogP contribution >= 0.6 is 22.9 Å². The normalized spacial score (nSPS) is 11.3.